The van der Waals surface area contributed by atoms with Gasteiger partial charge in [-0.25, -0.2) is 0 Å². The molecule has 1 aromatic carbocycles. The van der Waals surface area contributed by atoms with Crippen molar-refractivity contribution < 1.29 is 4.74 Å². The molecule has 0 unspecified atom stereocenters. The van der Waals surface area contributed by atoms with Crippen molar-refractivity contribution in [2.45, 2.75) is 39.7 Å². The molecule has 0 aliphatic carbocycles. The molecule has 1 rings (SSSR count). The summed E-state index contributed by atoms with van der Waals surface area (Å²) in [5, 5.41) is 0. The maximum absolute atomic E-state index is 5.70. The zero-order valence-corrected chi connectivity index (χ0v) is 8.92. The van der Waals surface area contributed by atoms with E-state index in [1.54, 1.807) is 0 Å². The van der Waals surface area contributed by atoms with Gasteiger partial charge in [-0.1, -0.05) is 19.1 Å². The minimum absolute atomic E-state index is 0.103. The first-order valence-corrected chi connectivity index (χ1v) is 4.79. The number of hydrogen-bond acceptors (Lipinski definition) is 1. The van der Waals surface area contributed by atoms with E-state index in [-0.39, 0.29) is 5.60 Å². The van der Waals surface area contributed by atoms with Crippen LogP contribution >= 0.6 is 0 Å². The first-order valence-electron chi connectivity index (χ1n) is 4.79. The zero-order chi connectivity index (χ0) is 9.90. The summed E-state index contributed by atoms with van der Waals surface area (Å²) < 4.78 is 5.70. The van der Waals surface area contributed by atoms with Crippen LogP contribution in [0.4, 0.5) is 0 Å². The van der Waals surface area contributed by atoms with Gasteiger partial charge in [-0.15, -0.1) is 0 Å². The van der Waals surface area contributed by atoms with Gasteiger partial charge in [0.05, 0.1) is 0 Å². The van der Waals surface area contributed by atoms with E-state index in [4.69, 9.17) is 4.74 Å². The Bertz CT molecular complexity index is 253. The lowest BCUT2D eigenvalue weighted by molar-refractivity contribution is 0.131. The van der Waals surface area contributed by atoms with Crippen molar-refractivity contribution >= 4 is 0 Å². The fraction of sp³-hybridized carbons (Fsp3) is 0.500. The lowest BCUT2D eigenvalue weighted by atomic mass is 10.1. The standard InChI is InChI=1S/C12H18O/c1-5-10-6-8-11(9-7-10)13-12(2,3)4/h6-9H,5H2,1-4H3. The number of aryl methyl sites for hydroxylation is 1. The highest BCUT2D eigenvalue weighted by molar-refractivity contribution is 5.27. The van der Waals surface area contributed by atoms with Gasteiger partial charge in [0, 0.05) is 0 Å². The minimum atomic E-state index is -0.103. The third-order valence-corrected chi connectivity index (χ3v) is 1.76. The molecule has 0 aliphatic heterocycles. The Morgan fingerprint density at radius 2 is 1.62 bits per heavy atom. The molecule has 0 aliphatic rings. The Morgan fingerprint density at radius 3 is 2.00 bits per heavy atom. The highest BCUT2D eigenvalue weighted by Gasteiger charge is 2.10. The molecule has 0 atom stereocenters. The van der Waals surface area contributed by atoms with Crippen molar-refractivity contribution in [2.24, 2.45) is 0 Å². The van der Waals surface area contributed by atoms with Crippen LogP contribution in [0.2, 0.25) is 0 Å². The maximum atomic E-state index is 5.70. The number of hydrogen-bond donors (Lipinski definition) is 0. The average molecular weight is 178 g/mol. The smallest absolute Gasteiger partial charge is 0.120 e. The van der Waals surface area contributed by atoms with E-state index in [1.807, 2.05) is 12.1 Å². The van der Waals surface area contributed by atoms with Crippen LogP contribution in [0.1, 0.15) is 33.3 Å². The third-order valence-electron chi connectivity index (χ3n) is 1.76. The molecule has 0 N–H and O–H groups in total. The van der Waals surface area contributed by atoms with Gasteiger partial charge in [0.15, 0.2) is 0 Å². The Hall–Kier alpha value is -0.980. The largest absolute Gasteiger partial charge is 0.488 e. The lowest BCUT2D eigenvalue weighted by Crippen LogP contribution is -2.22. The van der Waals surface area contributed by atoms with E-state index >= 15 is 0 Å². The molecule has 0 amide bonds. The predicted octanol–water partition coefficient (Wildman–Crippen LogP) is 3.43. The molecule has 0 bridgehead atoms. The average Bonchev–Trinajstić information content (AvgIpc) is 2.03. The van der Waals surface area contributed by atoms with Crippen molar-refractivity contribution in [3.05, 3.63) is 29.8 Å². The van der Waals surface area contributed by atoms with E-state index in [0.717, 1.165) is 12.2 Å². The van der Waals surface area contributed by atoms with Gasteiger partial charge in [-0.05, 0) is 44.9 Å². The zero-order valence-electron chi connectivity index (χ0n) is 8.92. The van der Waals surface area contributed by atoms with Crippen molar-refractivity contribution in [1.82, 2.24) is 0 Å². The maximum Gasteiger partial charge on any atom is 0.120 e. The van der Waals surface area contributed by atoms with Crippen LogP contribution in [0.15, 0.2) is 24.3 Å². The predicted molar refractivity (Wildman–Crippen MR) is 56.2 cm³/mol. The number of ether oxygens (including phenoxy) is 1. The molecule has 1 heteroatoms. The van der Waals surface area contributed by atoms with E-state index in [0.29, 0.717) is 0 Å². The second kappa shape index (κ2) is 3.82. The van der Waals surface area contributed by atoms with Gasteiger partial charge >= 0.3 is 0 Å². The van der Waals surface area contributed by atoms with Gasteiger partial charge < -0.3 is 4.74 Å². The van der Waals surface area contributed by atoms with Crippen molar-refractivity contribution in [3.63, 3.8) is 0 Å². The third kappa shape index (κ3) is 3.49. The van der Waals surface area contributed by atoms with Gasteiger partial charge in [0.1, 0.15) is 11.4 Å². The van der Waals surface area contributed by atoms with Crippen molar-refractivity contribution in [2.75, 3.05) is 0 Å². The molecular weight excluding hydrogens is 160 g/mol. The molecule has 0 fully saturated rings. The quantitative estimate of drug-likeness (QED) is 0.674. The summed E-state index contributed by atoms with van der Waals surface area (Å²) in [7, 11) is 0. The Balaban J connectivity index is 2.70. The summed E-state index contributed by atoms with van der Waals surface area (Å²) in [6, 6.07) is 8.29. The van der Waals surface area contributed by atoms with Gasteiger partial charge in [-0.2, -0.15) is 0 Å². The SMILES string of the molecule is CCc1ccc(OC(C)(C)C)cc1. The molecular formula is C12H18O. The molecule has 1 aromatic rings. The highest BCUT2D eigenvalue weighted by Crippen LogP contribution is 2.18. The van der Waals surface area contributed by atoms with Crippen LogP contribution in [0.25, 0.3) is 0 Å². The van der Waals surface area contributed by atoms with Crippen molar-refractivity contribution in [1.29, 1.82) is 0 Å². The van der Waals surface area contributed by atoms with Gasteiger partial charge in [-0.3, -0.25) is 0 Å². The van der Waals surface area contributed by atoms with Gasteiger partial charge in [0.25, 0.3) is 0 Å². The molecule has 0 saturated heterocycles. The summed E-state index contributed by atoms with van der Waals surface area (Å²) in [6.45, 7) is 8.32. The summed E-state index contributed by atoms with van der Waals surface area (Å²) in [5.74, 6) is 0.949. The van der Waals surface area contributed by atoms with Crippen LogP contribution in [0, 0.1) is 0 Å². The topological polar surface area (TPSA) is 9.23 Å². The molecule has 13 heavy (non-hydrogen) atoms. The number of benzene rings is 1. The van der Waals surface area contributed by atoms with Crippen LogP contribution in [-0.2, 0) is 6.42 Å². The normalized spacial score (nSPS) is 11.4. The summed E-state index contributed by atoms with van der Waals surface area (Å²) >= 11 is 0. The van der Waals surface area contributed by atoms with Crippen LogP contribution in [-0.4, -0.2) is 5.60 Å². The Morgan fingerprint density at radius 1 is 1.08 bits per heavy atom. The first-order chi connectivity index (χ1) is 6.01. The van der Waals surface area contributed by atoms with Crippen molar-refractivity contribution in [3.8, 4) is 5.75 Å². The minimum Gasteiger partial charge on any atom is -0.488 e. The summed E-state index contributed by atoms with van der Waals surface area (Å²) in [5.41, 5.74) is 1.24. The highest BCUT2D eigenvalue weighted by atomic mass is 16.5. The molecule has 0 heterocycles. The summed E-state index contributed by atoms with van der Waals surface area (Å²) in [4.78, 5) is 0. The van der Waals surface area contributed by atoms with E-state index in [2.05, 4.69) is 39.8 Å². The lowest BCUT2D eigenvalue weighted by Gasteiger charge is -2.21. The fourth-order valence-electron chi connectivity index (χ4n) is 1.15. The molecule has 0 radical (unpaired) electrons. The number of rotatable bonds is 2. The Labute approximate surface area is 80.7 Å². The van der Waals surface area contributed by atoms with Crippen LogP contribution in [0.5, 0.6) is 5.75 Å². The molecule has 0 saturated carbocycles. The first kappa shape index (κ1) is 10.1. The molecule has 0 aromatic heterocycles. The van der Waals surface area contributed by atoms with E-state index in [9.17, 15) is 0 Å². The molecule has 72 valence electrons. The van der Waals surface area contributed by atoms with E-state index < -0.39 is 0 Å². The monoisotopic (exact) mass is 178 g/mol. The van der Waals surface area contributed by atoms with Crippen LogP contribution < -0.4 is 4.74 Å². The van der Waals surface area contributed by atoms with E-state index in [1.165, 1.54) is 5.56 Å². The molecule has 1 nitrogen and oxygen atoms in total. The van der Waals surface area contributed by atoms with Crippen LogP contribution in [0.3, 0.4) is 0 Å². The summed E-state index contributed by atoms with van der Waals surface area (Å²) in [6.07, 6.45) is 1.08. The second-order valence-electron chi connectivity index (χ2n) is 4.21. The Kier molecular flexibility index (Phi) is 2.97. The molecule has 0 spiro atoms. The fourth-order valence-corrected chi connectivity index (χ4v) is 1.15. The van der Waals surface area contributed by atoms with Gasteiger partial charge in [0.2, 0.25) is 0 Å². The second-order valence-corrected chi connectivity index (χ2v) is 4.21.